The molecule has 0 aliphatic heterocycles. The molecule has 0 bridgehead atoms. The zero-order valence-corrected chi connectivity index (χ0v) is 23.7. The van der Waals surface area contributed by atoms with Gasteiger partial charge in [-0.25, -0.2) is 4.68 Å². The molecule has 0 saturated carbocycles. The molecule has 1 atom stereocenters. The topological polar surface area (TPSA) is 108 Å². The van der Waals surface area contributed by atoms with Crippen LogP contribution in [0.4, 0.5) is 5.69 Å². The monoisotopic (exact) mass is 545 g/mol. The fourth-order valence-corrected chi connectivity index (χ4v) is 4.50. The average Bonchev–Trinajstić information content (AvgIpc) is 3.37. The van der Waals surface area contributed by atoms with E-state index in [1.54, 1.807) is 42.5 Å². The zero-order valence-electron chi connectivity index (χ0n) is 23.7. The van der Waals surface area contributed by atoms with Crippen LogP contribution in [0.15, 0.2) is 66.7 Å². The first-order chi connectivity index (χ1) is 19.2. The lowest BCUT2D eigenvalue weighted by molar-refractivity contribution is -0.128. The van der Waals surface area contributed by atoms with Gasteiger partial charge in [0.15, 0.2) is 11.5 Å². The molecule has 0 aliphatic rings. The summed E-state index contributed by atoms with van der Waals surface area (Å²) in [4.78, 5) is 30.0. The molecule has 0 saturated heterocycles. The maximum atomic E-state index is 14.4. The van der Waals surface area contributed by atoms with Crippen molar-refractivity contribution in [2.24, 2.45) is 0 Å². The van der Waals surface area contributed by atoms with Crippen LogP contribution in [0.5, 0.6) is 17.2 Å². The summed E-state index contributed by atoms with van der Waals surface area (Å²) in [6, 6.07) is 18.6. The Hall–Kier alpha value is -4.60. The van der Waals surface area contributed by atoms with Crippen LogP contribution < -0.4 is 24.4 Å². The number of nitrogens with one attached hydrogen (secondary N) is 1. The Balaban J connectivity index is 1.94. The van der Waals surface area contributed by atoms with E-state index < -0.39 is 17.5 Å². The van der Waals surface area contributed by atoms with Gasteiger partial charge < -0.3 is 19.5 Å². The van der Waals surface area contributed by atoms with E-state index in [1.807, 2.05) is 45.0 Å². The second-order valence-corrected chi connectivity index (χ2v) is 9.88. The summed E-state index contributed by atoms with van der Waals surface area (Å²) in [5, 5.41) is 11.5. The highest BCUT2D eigenvalue weighted by molar-refractivity contribution is 6.03. The Bertz CT molecular complexity index is 1500. The summed E-state index contributed by atoms with van der Waals surface area (Å²) >= 11 is 0. The number of methoxy groups -OCH3 is 3. The molecule has 4 rings (SSSR count). The number of hydrogen-bond acceptors (Lipinski definition) is 7. The van der Waals surface area contributed by atoms with Gasteiger partial charge in [-0.2, -0.15) is 0 Å². The minimum absolute atomic E-state index is 0.175. The van der Waals surface area contributed by atoms with E-state index in [9.17, 15) is 9.59 Å². The molecule has 210 valence electrons. The summed E-state index contributed by atoms with van der Waals surface area (Å²) in [6.07, 6.45) is 0.675. The van der Waals surface area contributed by atoms with E-state index >= 15 is 0 Å². The summed E-state index contributed by atoms with van der Waals surface area (Å²) in [7, 11) is 4.55. The van der Waals surface area contributed by atoms with Gasteiger partial charge in [-0.3, -0.25) is 14.5 Å². The normalized spacial score (nSPS) is 12.1. The maximum absolute atomic E-state index is 14.4. The minimum atomic E-state index is -1.14. The molecule has 1 heterocycles. The summed E-state index contributed by atoms with van der Waals surface area (Å²) in [5.41, 5.74) is 1.68. The van der Waals surface area contributed by atoms with Crippen LogP contribution in [-0.2, 0) is 16.1 Å². The van der Waals surface area contributed by atoms with Crippen molar-refractivity contribution in [3.63, 3.8) is 0 Å². The fraction of sp³-hybridized carbons (Fsp3) is 0.333. The first kappa shape index (κ1) is 28.4. The molecule has 1 aromatic heterocycles. The molecule has 1 unspecified atom stereocenters. The smallest absolute Gasteiger partial charge is 0.249 e. The number of nitrogens with zero attached hydrogens (tertiary/aromatic N) is 4. The number of hydrogen-bond donors (Lipinski definition) is 1. The number of aromatic nitrogens is 3. The van der Waals surface area contributed by atoms with Gasteiger partial charge in [0.2, 0.25) is 11.8 Å². The number of amides is 2. The van der Waals surface area contributed by atoms with Gasteiger partial charge >= 0.3 is 0 Å². The number of carbonyl (C=O) groups is 2. The van der Waals surface area contributed by atoms with Crippen molar-refractivity contribution in [3.8, 4) is 17.2 Å². The first-order valence-electron chi connectivity index (χ1n) is 13.0. The number of fused-ring (bicyclic) bond motifs is 1. The molecule has 0 aliphatic carbocycles. The van der Waals surface area contributed by atoms with Crippen LogP contribution in [0.3, 0.4) is 0 Å². The number of ether oxygens (including phenoxy) is 3. The summed E-state index contributed by atoms with van der Waals surface area (Å²) < 4.78 is 18.5. The van der Waals surface area contributed by atoms with Crippen LogP contribution in [0.25, 0.3) is 11.0 Å². The van der Waals surface area contributed by atoms with E-state index in [4.69, 9.17) is 14.2 Å². The Kier molecular flexibility index (Phi) is 8.57. The quantitative estimate of drug-likeness (QED) is 0.295. The highest BCUT2D eigenvalue weighted by Gasteiger charge is 2.38. The predicted octanol–water partition coefficient (Wildman–Crippen LogP) is 4.54. The van der Waals surface area contributed by atoms with Gasteiger partial charge in [0.25, 0.3) is 0 Å². The third-order valence-corrected chi connectivity index (χ3v) is 6.90. The summed E-state index contributed by atoms with van der Waals surface area (Å²) in [6.45, 7) is 5.68. The van der Waals surface area contributed by atoms with Crippen LogP contribution in [0.2, 0.25) is 0 Å². The number of anilines is 1. The molecule has 0 radical (unpaired) electrons. The van der Waals surface area contributed by atoms with Gasteiger partial charge in [-0.1, -0.05) is 48.5 Å². The van der Waals surface area contributed by atoms with E-state index in [-0.39, 0.29) is 12.5 Å². The van der Waals surface area contributed by atoms with E-state index in [1.165, 1.54) is 30.9 Å². The number of carbonyl (C=O) groups excluding carboxylic acids is 2. The maximum Gasteiger partial charge on any atom is 0.249 e. The lowest BCUT2D eigenvalue weighted by Gasteiger charge is -2.35. The van der Waals surface area contributed by atoms with Crippen molar-refractivity contribution in [3.05, 3.63) is 72.3 Å². The Labute approximate surface area is 233 Å². The molecule has 1 N–H and O–H groups in total. The highest BCUT2D eigenvalue weighted by atomic mass is 16.5. The molecule has 0 fully saturated rings. The minimum Gasteiger partial charge on any atom is -0.495 e. The van der Waals surface area contributed by atoms with Crippen molar-refractivity contribution in [1.29, 1.82) is 0 Å². The molecule has 0 spiro atoms. The van der Waals surface area contributed by atoms with E-state index in [2.05, 4.69) is 15.6 Å². The molecule has 4 aromatic rings. The number of benzene rings is 3. The third kappa shape index (κ3) is 5.70. The van der Waals surface area contributed by atoms with Crippen molar-refractivity contribution in [1.82, 2.24) is 20.3 Å². The van der Waals surface area contributed by atoms with Gasteiger partial charge in [0.1, 0.15) is 23.9 Å². The van der Waals surface area contributed by atoms with Crippen LogP contribution in [-0.4, -0.2) is 53.7 Å². The molecule has 10 nitrogen and oxygen atoms in total. The second-order valence-electron chi connectivity index (χ2n) is 9.88. The van der Waals surface area contributed by atoms with Crippen LogP contribution >= 0.6 is 0 Å². The number of rotatable bonds is 11. The average molecular weight is 546 g/mol. The first-order valence-corrected chi connectivity index (χ1v) is 13.0. The third-order valence-electron chi connectivity index (χ3n) is 6.90. The second kappa shape index (κ2) is 12.1. The van der Waals surface area contributed by atoms with Crippen molar-refractivity contribution >= 4 is 28.5 Å². The molecular formula is C30H35N5O5. The predicted molar refractivity (Wildman–Crippen MR) is 153 cm³/mol. The van der Waals surface area contributed by atoms with Crippen molar-refractivity contribution in [2.75, 3.05) is 26.2 Å². The van der Waals surface area contributed by atoms with Gasteiger partial charge in [-0.05, 0) is 50.6 Å². The largest absolute Gasteiger partial charge is 0.495 e. The Morgan fingerprint density at radius 3 is 2.30 bits per heavy atom. The number of para-hydroxylation sites is 4. The van der Waals surface area contributed by atoms with Crippen LogP contribution in [0, 0.1) is 0 Å². The lowest BCUT2D eigenvalue weighted by atomic mass is 9.97. The summed E-state index contributed by atoms with van der Waals surface area (Å²) in [5.74, 6) is 0.412. The zero-order chi connectivity index (χ0) is 28.9. The fourth-order valence-electron chi connectivity index (χ4n) is 4.50. The SMILES string of the molecule is CCC(C)(C)NC(=O)C(c1cccc(OC)c1OC)N(C(=O)Cn1nnc2ccccc21)c1ccccc1OC. The van der Waals surface area contributed by atoms with E-state index in [0.29, 0.717) is 46.0 Å². The van der Waals surface area contributed by atoms with Crippen molar-refractivity contribution < 1.29 is 23.8 Å². The Morgan fingerprint density at radius 2 is 1.60 bits per heavy atom. The lowest BCUT2D eigenvalue weighted by Crippen LogP contribution is -2.51. The van der Waals surface area contributed by atoms with Gasteiger partial charge in [-0.15, -0.1) is 5.10 Å². The molecule has 2 amide bonds. The van der Waals surface area contributed by atoms with Gasteiger partial charge in [0, 0.05) is 11.1 Å². The molecule has 3 aromatic carbocycles. The molecular weight excluding hydrogens is 510 g/mol. The highest BCUT2D eigenvalue weighted by Crippen LogP contribution is 2.41. The standard InChI is InChI=1S/C30H35N5O5/c1-7-30(2,3)31-29(37)27(20-13-12-18-25(39-5)28(20)40-6)35(23-16-10-11-17-24(23)38-4)26(36)19-34-22-15-9-8-14-21(22)32-33-34/h8-18,27H,7,19H2,1-6H3,(H,31,37). The molecule has 10 heteroatoms. The molecule has 40 heavy (non-hydrogen) atoms. The van der Waals surface area contributed by atoms with Crippen LogP contribution in [0.1, 0.15) is 38.8 Å². The van der Waals surface area contributed by atoms with Crippen molar-refractivity contribution in [2.45, 2.75) is 45.3 Å². The Morgan fingerprint density at radius 1 is 0.925 bits per heavy atom. The van der Waals surface area contributed by atoms with Gasteiger partial charge in [0.05, 0.1) is 32.5 Å². The van der Waals surface area contributed by atoms with E-state index in [0.717, 1.165) is 0 Å².